The number of benzene rings is 2. The highest BCUT2D eigenvalue weighted by Gasteiger charge is 2.25. The van der Waals surface area contributed by atoms with E-state index >= 15 is 0 Å². The van der Waals surface area contributed by atoms with Gasteiger partial charge in [-0.2, -0.15) is 5.21 Å². The summed E-state index contributed by atoms with van der Waals surface area (Å²) in [6.45, 7) is 2.02. The number of aromatic amines is 1. The second-order valence-corrected chi connectivity index (χ2v) is 5.37. The van der Waals surface area contributed by atoms with Crippen molar-refractivity contribution >= 4 is 11.6 Å². The van der Waals surface area contributed by atoms with Crippen molar-refractivity contribution in [3.05, 3.63) is 71.5 Å². The molecule has 0 saturated heterocycles. The SMILES string of the molecule is Cc1cccc(CC(C(=O)Nc2ccccc2)c2nn[nH]n2)c1. The van der Waals surface area contributed by atoms with Gasteiger partial charge < -0.3 is 5.32 Å². The number of hydrogen-bond acceptors (Lipinski definition) is 4. The standard InChI is InChI=1S/C17H17N5O/c1-12-6-5-7-13(10-12)11-15(16-19-21-22-20-16)17(23)18-14-8-3-2-4-9-14/h2-10,15H,11H2,1H3,(H,18,23)(H,19,20,21,22). The monoisotopic (exact) mass is 307 g/mol. The lowest BCUT2D eigenvalue weighted by Gasteiger charge is -2.14. The first-order valence-corrected chi connectivity index (χ1v) is 7.37. The van der Waals surface area contributed by atoms with E-state index in [-0.39, 0.29) is 5.91 Å². The van der Waals surface area contributed by atoms with Gasteiger partial charge in [0.25, 0.3) is 0 Å². The van der Waals surface area contributed by atoms with E-state index in [9.17, 15) is 4.79 Å². The molecule has 2 N–H and O–H groups in total. The van der Waals surface area contributed by atoms with Crippen molar-refractivity contribution in [3.63, 3.8) is 0 Å². The number of H-pyrrole nitrogens is 1. The predicted octanol–water partition coefficient (Wildman–Crippen LogP) is 2.47. The summed E-state index contributed by atoms with van der Waals surface area (Å²) in [6, 6.07) is 17.4. The van der Waals surface area contributed by atoms with E-state index in [4.69, 9.17) is 0 Å². The number of tetrazole rings is 1. The van der Waals surface area contributed by atoms with Gasteiger partial charge in [0.15, 0.2) is 5.82 Å². The number of amides is 1. The zero-order valence-corrected chi connectivity index (χ0v) is 12.7. The molecule has 6 nitrogen and oxygen atoms in total. The zero-order valence-electron chi connectivity index (χ0n) is 12.7. The Kier molecular flexibility index (Phi) is 4.42. The van der Waals surface area contributed by atoms with Crippen molar-refractivity contribution in [2.75, 3.05) is 5.32 Å². The van der Waals surface area contributed by atoms with E-state index in [0.29, 0.717) is 12.2 Å². The summed E-state index contributed by atoms with van der Waals surface area (Å²) in [5.74, 6) is -0.269. The van der Waals surface area contributed by atoms with Crippen LogP contribution in [0.1, 0.15) is 22.9 Å². The molecular formula is C17H17N5O. The summed E-state index contributed by atoms with van der Waals surface area (Å²) in [4.78, 5) is 12.7. The summed E-state index contributed by atoms with van der Waals surface area (Å²) in [7, 11) is 0. The highest BCUT2D eigenvalue weighted by Crippen LogP contribution is 2.20. The van der Waals surface area contributed by atoms with E-state index in [2.05, 4.69) is 32.0 Å². The van der Waals surface area contributed by atoms with Gasteiger partial charge in [0.1, 0.15) is 5.92 Å². The van der Waals surface area contributed by atoms with Gasteiger partial charge in [-0.15, -0.1) is 10.2 Å². The molecular weight excluding hydrogens is 290 g/mol. The smallest absolute Gasteiger partial charge is 0.235 e. The fourth-order valence-corrected chi connectivity index (χ4v) is 2.44. The second kappa shape index (κ2) is 6.83. The lowest BCUT2D eigenvalue weighted by atomic mass is 9.96. The zero-order chi connectivity index (χ0) is 16.1. The highest BCUT2D eigenvalue weighted by atomic mass is 16.1. The van der Waals surface area contributed by atoms with Crippen LogP contribution in [0.4, 0.5) is 5.69 Å². The topological polar surface area (TPSA) is 83.6 Å². The van der Waals surface area contributed by atoms with Gasteiger partial charge in [-0.05, 0) is 31.0 Å². The van der Waals surface area contributed by atoms with Gasteiger partial charge >= 0.3 is 0 Å². The first-order chi connectivity index (χ1) is 11.2. The molecule has 0 radical (unpaired) electrons. The molecule has 2 aromatic carbocycles. The Morgan fingerprint density at radius 1 is 1.17 bits per heavy atom. The number of rotatable bonds is 5. The molecule has 1 aromatic heterocycles. The van der Waals surface area contributed by atoms with Crippen LogP contribution in [0.25, 0.3) is 0 Å². The van der Waals surface area contributed by atoms with E-state index < -0.39 is 5.92 Å². The Morgan fingerprint density at radius 3 is 2.70 bits per heavy atom. The Hall–Kier alpha value is -3.02. The maximum absolute atomic E-state index is 12.7. The van der Waals surface area contributed by atoms with Crippen molar-refractivity contribution in [2.24, 2.45) is 0 Å². The van der Waals surface area contributed by atoms with Gasteiger partial charge in [-0.1, -0.05) is 53.2 Å². The van der Waals surface area contributed by atoms with Crippen LogP contribution < -0.4 is 5.32 Å². The molecule has 0 aliphatic heterocycles. The minimum atomic E-state index is -0.504. The molecule has 0 bridgehead atoms. The minimum absolute atomic E-state index is 0.154. The number of para-hydroxylation sites is 1. The number of aryl methyl sites for hydroxylation is 1. The van der Waals surface area contributed by atoms with Crippen LogP contribution in [0.3, 0.4) is 0 Å². The molecule has 0 spiro atoms. The van der Waals surface area contributed by atoms with E-state index in [0.717, 1.165) is 16.8 Å². The third-order valence-corrected chi connectivity index (χ3v) is 3.55. The number of aromatic nitrogens is 4. The fourth-order valence-electron chi connectivity index (χ4n) is 2.44. The van der Waals surface area contributed by atoms with E-state index in [1.54, 1.807) is 0 Å². The average molecular weight is 307 g/mol. The van der Waals surface area contributed by atoms with Crippen LogP contribution in [0.15, 0.2) is 54.6 Å². The van der Waals surface area contributed by atoms with Crippen molar-refractivity contribution in [1.29, 1.82) is 0 Å². The molecule has 1 atom stereocenters. The van der Waals surface area contributed by atoms with Gasteiger partial charge in [0.2, 0.25) is 5.91 Å². The van der Waals surface area contributed by atoms with Crippen LogP contribution in [0, 0.1) is 6.92 Å². The molecule has 1 amide bonds. The van der Waals surface area contributed by atoms with Crippen molar-refractivity contribution in [1.82, 2.24) is 20.6 Å². The molecule has 3 rings (SSSR count). The van der Waals surface area contributed by atoms with Gasteiger partial charge in [0, 0.05) is 5.69 Å². The third kappa shape index (κ3) is 3.79. The van der Waals surface area contributed by atoms with Crippen molar-refractivity contribution in [3.8, 4) is 0 Å². The molecule has 116 valence electrons. The second-order valence-electron chi connectivity index (χ2n) is 5.37. The molecule has 0 saturated carbocycles. The Morgan fingerprint density at radius 2 is 2.00 bits per heavy atom. The number of anilines is 1. The highest BCUT2D eigenvalue weighted by molar-refractivity contribution is 5.95. The van der Waals surface area contributed by atoms with Crippen LogP contribution >= 0.6 is 0 Å². The van der Waals surface area contributed by atoms with Crippen LogP contribution in [-0.2, 0) is 11.2 Å². The molecule has 0 aliphatic carbocycles. The van der Waals surface area contributed by atoms with E-state index in [1.807, 2.05) is 55.5 Å². The largest absolute Gasteiger partial charge is 0.325 e. The maximum atomic E-state index is 12.7. The fraction of sp³-hybridized carbons (Fsp3) is 0.176. The third-order valence-electron chi connectivity index (χ3n) is 3.55. The molecule has 1 heterocycles. The summed E-state index contributed by atoms with van der Waals surface area (Å²) in [6.07, 6.45) is 0.514. The first-order valence-electron chi connectivity index (χ1n) is 7.37. The number of nitrogens with one attached hydrogen (secondary N) is 2. The van der Waals surface area contributed by atoms with Gasteiger partial charge in [-0.3, -0.25) is 4.79 Å². The average Bonchev–Trinajstić information content (AvgIpc) is 3.07. The molecule has 23 heavy (non-hydrogen) atoms. The number of carbonyl (C=O) groups is 1. The molecule has 0 fully saturated rings. The minimum Gasteiger partial charge on any atom is -0.325 e. The number of hydrogen-bond donors (Lipinski definition) is 2. The lowest BCUT2D eigenvalue weighted by Crippen LogP contribution is -2.24. The predicted molar refractivity (Wildman–Crippen MR) is 86.9 cm³/mol. The summed E-state index contributed by atoms with van der Waals surface area (Å²) < 4.78 is 0. The quantitative estimate of drug-likeness (QED) is 0.758. The molecule has 0 aliphatic rings. The van der Waals surface area contributed by atoms with Gasteiger partial charge in [0.05, 0.1) is 0 Å². The van der Waals surface area contributed by atoms with Crippen LogP contribution in [-0.4, -0.2) is 26.5 Å². The maximum Gasteiger partial charge on any atom is 0.235 e. The normalized spacial score (nSPS) is 11.9. The van der Waals surface area contributed by atoms with Crippen molar-refractivity contribution in [2.45, 2.75) is 19.3 Å². The Labute approximate surface area is 133 Å². The lowest BCUT2D eigenvalue weighted by molar-refractivity contribution is -0.117. The molecule has 3 aromatic rings. The van der Waals surface area contributed by atoms with E-state index in [1.165, 1.54) is 0 Å². The van der Waals surface area contributed by atoms with Crippen LogP contribution in [0.5, 0.6) is 0 Å². The summed E-state index contributed by atoms with van der Waals surface area (Å²) in [5, 5.41) is 16.9. The molecule has 6 heteroatoms. The Bertz CT molecular complexity index is 771. The number of nitrogens with zero attached hydrogens (tertiary/aromatic N) is 3. The summed E-state index contributed by atoms with van der Waals surface area (Å²) >= 11 is 0. The van der Waals surface area contributed by atoms with Crippen LogP contribution in [0.2, 0.25) is 0 Å². The number of carbonyl (C=O) groups excluding carboxylic acids is 1. The summed E-state index contributed by atoms with van der Waals surface area (Å²) in [5.41, 5.74) is 2.95. The van der Waals surface area contributed by atoms with Crippen molar-refractivity contribution < 1.29 is 4.79 Å². The Balaban J connectivity index is 1.82. The molecule has 1 unspecified atom stereocenters. The van der Waals surface area contributed by atoms with Gasteiger partial charge in [-0.25, -0.2) is 0 Å². The first kappa shape index (κ1) is 14.9.